The average Bonchev–Trinajstić information content (AvgIpc) is 3.09. The first-order chi connectivity index (χ1) is 10.9. The molecular weight excluding hydrogens is 321 g/mol. The van der Waals surface area contributed by atoms with Crippen LogP contribution >= 0.6 is 12.2 Å². The zero-order valence-corrected chi connectivity index (χ0v) is 13.6. The molecule has 0 unspecified atom stereocenters. The summed E-state index contributed by atoms with van der Waals surface area (Å²) in [7, 11) is 0. The Kier molecular flexibility index (Phi) is 4.80. The van der Waals surface area contributed by atoms with Gasteiger partial charge in [-0.05, 0) is 67.4 Å². The zero-order chi connectivity index (χ0) is 16.4. The Morgan fingerprint density at radius 2 is 1.87 bits per heavy atom. The second kappa shape index (κ2) is 6.67. The van der Waals surface area contributed by atoms with Crippen LogP contribution in [0.4, 0.5) is 13.2 Å². The molecule has 0 saturated heterocycles. The van der Waals surface area contributed by atoms with Gasteiger partial charge in [-0.2, -0.15) is 13.2 Å². The second-order valence-electron chi connectivity index (χ2n) is 6.63. The van der Waals surface area contributed by atoms with Gasteiger partial charge in [0.05, 0.1) is 5.56 Å². The maximum Gasteiger partial charge on any atom is 0.416 e. The van der Waals surface area contributed by atoms with Gasteiger partial charge in [0.15, 0.2) is 5.11 Å². The Hall–Kier alpha value is -1.30. The summed E-state index contributed by atoms with van der Waals surface area (Å²) >= 11 is 5.32. The number of nitrogens with one attached hydrogen (secondary N) is 2. The molecule has 0 aliphatic heterocycles. The van der Waals surface area contributed by atoms with Crippen molar-refractivity contribution in [3.05, 3.63) is 35.4 Å². The first-order valence-corrected chi connectivity index (χ1v) is 8.53. The van der Waals surface area contributed by atoms with E-state index < -0.39 is 11.7 Å². The first kappa shape index (κ1) is 16.6. The van der Waals surface area contributed by atoms with Gasteiger partial charge in [0.1, 0.15) is 0 Å². The highest BCUT2D eigenvalue weighted by Gasteiger charge is 2.39. The van der Waals surface area contributed by atoms with Crippen LogP contribution in [-0.4, -0.2) is 17.7 Å². The Bertz CT molecular complexity index is 556. The maximum atomic E-state index is 12.5. The first-order valence-electron chi connectivity index (χ1n) is 8.12. The molecule has 3 rings (SSSR count). The van der Waals surface area contributed by atoms with Crippen molar-refractivity contribution in [3.8, 4) is 0 Å². The van der Waals surface area contributed by atoms with Gasteiger partial charge in [0, 0.05) is 12.6 Å². The average molecular weight is 342 g/mol. The fourth-order valence-corrected chi connectivity index (χ4v) is 4.08. The number of fused-ring (bicyclic) bond motifs is 2. The van der Waals surface area contributed by atoms with E-state index in [1.54, 1.807) is 0 Å². The smallest absolute Gasteiger partial charge is 0.362 e. The third kappa shape index (κ3) is 4.16. The maximum absolute atomic E-state index is 12.5. The molecule has 1 aromatic rings. The lowest BCUT2D eigenvalue weighted by molar-refractivity contribution is -0.137. The molecule has 126 valence electrons. The quantitative estimate of drug-likeness (QED) is 0.812. The fraction of sp³-hybridized carbons (Fsp3) is 0.588. The minimum atomic E-state index is -4.27. The van der Waals surface area contributed by atoms with Crippen LogP contribution in [0.3, 0.4) is 0 Å². The molecule has 2 bridgehead atoms. The van der Waals surface area contributed by atoms with E-state index in [1.165, 1.54) is 37.8 Å². The molecule has 23 heavy (non-hydrogen) atoms. The van der Waals surface area contributed by atoms with Gasteiger partial charge >= 0.3 is 6.18 Å². The lowest BCUT2D eigenvalue weighted by atomic mass is 9.96. The van der Waals surface area contributed by atoms with Crippen molar-refractivity contribution in [2.75, 3.05) is 6.54 Å². The van der Waals surface area contributed by atoms with Crippen LogP contribution in [0.2, 0.25) is 0 Å². The van der Waals surface area contributed by atoms with Crippen molar-refractivity contribution in [2.45, 2.75) is 44.3 Å². The molecule has 0 amide bonds. The van der Waals surface area contributed by atoms with E-state index in [2.05, 4.69) is 10.6 Å². The Morgan fingerprint density at radius 3 is 2.43 bits per heavy atom. The predicted molar refractivity (Wildman–Crippen MR) is 88.1 cm³/mol. The molecule has 2 nitrogen and oxygen atoms in total. The van der Waals surface area contributed by atoms with Gasteiger partial charge in [-0.1, -0.05) is 18.6 Å². The zero-order valence-electron chi connectivity index (χ0n) is 12.8. The van der Waals surface area contributed by atoms with E-state index in [0.29, 0.717) is 24.1 Å². The molecule has 2 saturated carbocycles. The van der Waals surface area contributed by atoms with Gasteiger partial charge in [0.25, 0.3) is 0 Å². The van der Waals surface area contributed by atoms with Gasteiger partial charge < -0.3 is 10.6 Å². The fourth-order valence-electron chi connectivity index (χ4n) is 3.82. The molecule has 0 radical (unpaired) electrons. The molecule has 2 fully saturated rings. The molecule has 2 N–H and O–H groups in total. The number of thiocarbonyl (C=S) groups is 1. The minimum absolute atomic E-state index is 0.500. The number of rotatable bonds is 4. The summed E-state index contributed by atoms with van der Waals surface area (Å²) in [5.74, 6) is 1.63. The highest BCUT2D eigenvalue weighted by molar-refractivity contribution is 7.80. The standard InChI is InChI=1S/C17H21F3N2S/c18-17(19,20)14-5-2-11(3-6-14)7-8-21-16(23)22-15-10-12-1-4-13(15)9-12/h2-3,5-6,12-13,15H,1,4,7-10H2,(H2,21,22,23)/t12-,13-,15-/m0/s1. The molecule has 2 aliphatic carbocycles. The Labute approximate surface area is 139 Å². The van der Waals surface area contributed by atoms with Crippen molar-refractivity contribution >= 4 is 17.3 Å². The molecule has 6 heteroatoms. The molecule has 0 heterocycles. The van der Waals surface area contributed by atoms with Crippen LogP contribution in [0.25, 0.3) is 0 Å². The summed E-state index contributed by atoms with van der Waals surface area (Å²) in [4.78, 5) is 0. The third-order valence-electron chi connectivity index (χ3n) is 5.04. The largest absolute Gasteiger partial charge is 0.416 e. The van der Waals surface area contributed by atoms with Crippen LogP contribution in [0.1, 0.15) is 36.8 Å². The predicted octanol–water partition coefficient (Wildman–Crippen LogP) is 3.90. The summed E-state index contributed by atoms with van der Waals surface area (Å²) in [6.45, 7) is 0.623. The summed E-state index contributed by atoms with van der Waals surface area (Å²) in [6, 6.07) is 5.80. The van der Waals surface area contributed by atoms with E-state index in [4.69, 9.17) is 12.2 Å². The molecule has 2 aliphatic rings. The topological polar surface area (TPSA) is 24.1 Å². The van der Waals surface area contributed by atoms with Crippen LogP contribution < -0.4 is 10.6 Å². The monoisotopic (exact) mass is 342 g/mol. The van der Waals surface area contributed by atoms with E-state index in [9.17, 15) is 13.2 Å². The molecular formula is C17H21F3N2S. The molecule has 3 atom stereocenters. The van der Waals surface area contributed by atoms with Crippen LogP contribution in [0.15, 0.2) is 24.3 Å². The number of alkyl halides is 3. The van der Waals surface area contributed by atoms with Crippen molar-refractivity contribution in [2.24, 2.45) is 11.8 Å². The lowest BCUT2D eigenvalue weighted by Crippen LogP contribution is -2.44. The van der Waals surface area contributed by atoms with Crippen molar-refractivity contribution in [3.63, 3.8) is 0 Å². The number of hydrogen-bond donors (Lipinski definition) is 2. The van der Waals surface area contributed by atoms with Crippen LogP contribution in [0.5, 0.6) is 0 Å². The van der Waals surface area contributed by atoms with E-state index >= 15 is 0 Å². The summed E-state index contributed by atoms with van der Waals surface area (Å²) in [6.07, 6.45) is 1.57. The Balaban J connectivity index is 1.40. The SMILES string of the molecule is FC(F)(F)c1ccc(CCNC(=S)N[C@H]2C[C@H]3CC[C@H]2C3)cc1. The van der Waals surface area contributed by atoms with Gasteiger partial charge in [-0.15, -0.1) is 0 Å². The lowest BCUT2D eigenvalue weighted by Gasteiger charge is -2.24. The summed E-state index contributed by atoms with van der Waals surface area (Å²) < 4.78 is 37.5. The molecule has 1 aromatic carbocycles. The van der Waals surface area contributed by atoms with Crippen LogP contribution in [0, 0.1) is 11.8 Å². The van der Waals surface area contributed by atoms with Gasteiger partial charge in [-0.3, -0.25) is 0 Å². The van der Waals surface area contributed by atoms with Crippen LogP contribution in [-0.2, 0) is 12.6 Å². The van der Waals surface area contributed by atoms with Crippen molar-refractivity contribution < 1.29 is 13.2 Å². The third-order valence-corrected chi connectivity index (χ3v) is 5.30. The number of hydrogen-bond acceptors (Lipinski definition) is 1. The van der Waals surface area contributed by atoms with Gasteiger partial charge in [0.2, 0.25) is 0 Å². The van der Waals surface area contributed by atoms with E-state index in [-0.39, 0.29) is 0 Å². The minimum Gasteiger partial charge on any atom is -0.362 e. The highest BCUT2D eigenvalue weighted by atomic mass is 32.1. The second-order valence-corrected chi connectivity index (χ2v) is 7.03. The van der Waals surface area contributed by atoms with E-state index in [1.807, 2.05) is 0 Å². The summed E-state index contributed by atoms with van der Waals surface area (Å²) in [5, 5.41) is 7.22. The van der Waals surface area contributed by atoms with Crippen molar-refractivity contribution in [1.82, 2.24) is 10.6 Å². The number of benzene rings is 1. The summed E-state index contributed by atoms with van der Waals surface area (Å²) in [5.41, 5.74) is 0.260. The molecule has 0 spiro atoms. The highest BCUT2D eigenvalue weighted by Crippen LogP contribution is 2.44. The molecule has 0 aromatic heterocycles. The Morgan fingerprint density at radius 1 is 1.13 bits per heavy atom. The number of halogens is 3. The van der Waals surface area contributed by atoms with Crippen molar-refractivity contribution in [1.29, 1.82) is 0 Å². The van der Waals surface area contributed by atoms with E-state index in [0.717, 1.165) is 29.5 Å². The van der Waals surface area contributed by atoms with Gasteiger partial charge in [-0.25, -0.2) is 0 Å². The normalized spacial score (nSPS) is 26.3.